The van der Waals surface area contributed by atoms with Gasteiger partial charge < -0.3 is 15.2 Å². The van der Waals surface area contributed by atoms with Crippen molar-refractivity contribution in [3.8, 4) is 5.75 Å². The van der Waals surface area contributed by atoms with Crippen molar-refractivity contribution >= 4 is 5.91 Å². The van der Waals surface area contributed by atoms with E-state index >= 15 is 0 Å². The van der Waals surface area contributed by atoms with Gasteiger partial charge in [0.05, 0.1) is 6.61 Å². The molecule has 0 spiro atoms. The van der Waals surface area contributed by atoms with E-state index in [0.29, 0.717) is 17.5 Å². The van der Waals surface area contributed by atoms with Crippen LogP contribution in [-0.4, -0.2) is 28.6 Å². The minimum atomic E-state index is -0.193. The Bertz CT molecular complexity index is 442. The molecule has 0 bridgehead atoms. The number of nitrogens with zero attached hydrogens (tertiary/aromatic N) is 1. The van der Waals surface area contributed by atoms with E-state index in [9.17, 15) is 9.90 Å². The summed E-state index contributed by atoms with van der Waals surface area (Å²) in [6.07, 6.45) is 4.48. The molecule has 19 heavy (non-hydrogen) atoms. The summed E-state index contributed by atoms with van der Waals surface area (Å²) in [4.78, 5) is 15.9. The summed E-state index contributed by atoms with van der Waals surface area (Å²) in [5.74, 6) is 0.353. The highest BCUT2D eigenvalue weighted by Gasteiger charge is 2.17. The van der Waals surface area contributed by atoms with Crippen molar-refractivity contribution in [2.45, 2.75) is 45.3 Å². The lowest BCUT2D eigenvalue weighted by Crippen LogP contribution is -2.36. The third-order valence-electron chi connectivity index (χ3n) is 3.30. The maximum Gasteiger partial charge on any atom is 0.258 e. The Hall–Kier alpha value is -1.62. The van der Waals surface area contributed by atoms with Crippen LogP contribution in [0.1, 0.15) is 37.1 Å². The van der Waals surface area contributed by atoms with Crippen LogP contribution in [0.4, 0.5) is 0 Å². The molecular formula is C14H20N2O3. The zero-order chi connectivity index (χ0) is 13.7. The number of aliphatic hydroxyl groups is 1. The minimum Gasteiger partial charge on any atom is -0.482 e. The Kier molecular flexibility index (Phi) is 4.74. The van der Waals surface area contributed by atoms with Crippen LogP contribution in [0.3, 0.4) is 0 Å². The number of nitrogens with one attached hydrogen (secondary N) is 1. The molecule has 2 N–H and O–H groups in total. The fourth-order valence-electron chi connectivity index (χ4n) is 2.33. The molecule has 1 aromatic heterocycles. The summed E-state index contributed by atoms with van der Waals surface area (Å²) in [5.41, 5.74) is 1.28. The second-order valence-electron chi connectivity index (χ2n) is 4.89. The van der Waals surface area contributed by atoms with Crippen molar-refractivity contribution in [1.82, 2.24) is 10.3 Å². The summed E-state index contributed by atoms with van der Waals surface area (Å²) >= 11 is 0. The molecule has 1 amide bonds. The van der Waals surface area contributed by atoms with Crippen LogP contribution in [0.25, 0.3) is 0 Å². The Morgan fingerprint density at radius 1 is 1.47 bits per heavy atom. The highest BCUT2D eigenvalue weighted by atomic mass is 16.5. The van der Waals surface area contributed by atoms with Crippen molar-refractivity contribution in [3.05, 3.63) is 23.5 Å². The summed E-state index contributed by atoms with van der Waals surface area (Å²) < 4.78 is 5.42. The van der Waals surface area contributed by atoms with E-state index in [4.69, 9.17) is 4.74 Å². The standard InChI is InChI=1S/C14H20N2O3/c1-10-6-7-13(12(8-17)15-10)19-9-14(18)16-11-4-2-3-5-11/h6-7,11,17H,2-5,8-9H2,1H3,(H,16,18). The van der Waals surface area contributed by atoms with Crippen molar-refractivity contribution in [2.75, 3.05) is 6.61 Å². The lowest BCUT2D eigenvalue weighted by atomic mass is 10.2. The molecular weight excluding hydrogens is 244 g/mol. The number of pyridine rings is 1. The maximum absolute atomic E-state index is 11.7. The molecule has 0 saturated heterocycles. The van der Waals surface area contributed by atoms with Gasteiger partial charge in [0.15, 0.2) is 6.61 Å². The van der Waals surface area contributed by atoms with E-state index in [-0.39, 0.29) is 19.1 Å². The average molecular weight is 264 g/mol. The highest BCUT2D eigenvalue weighted by molar-refractivity contribution is 5.77. The van der Waals surface area contributed by atoms with E-state index in [1.54, 1.807) is 12.1 Å². The van der Waals surface area contributed by atoms with Crippen LogP contribution >= 0.6 is 0 Å². The minimum absolute atomic E-state index is 0.0335. The second kappa shape index (κ2) is 6.52. The van der Waals surface area contributed by atoms with Crippen molar-refractivity contribution < 1.29 is 14.6 Å². The van der Waals surface area contributed by atoms with Crippen LogP contribution < -0.4 is 10.1 Å². The zero-order valence-corrected chi connectivity index (χ0v) is 11.2. The second-order valence-corrected chi connectivity index (χ2v) is 4.89. The maximum atomic E-state index is 11.7. The number of carbonyl (C=O) groups excluding carboxylic acids is 1. The van der Waals surface area contributed by atoms with Gasteiger partial charge in [-0.05, 0) is 31.9 Å². The number of aliphatic hydroxyl groups excluding tert-OH is 1. The van der Waals surface area contributed by atoms with E-state index < -0.39 is 0 Å². The van der Waals surface area contributed by atoms with Gasteiger partial charge in [-0.3, -0.25) is 9.78 Å². The summed E-state index contributed by atoms with van der Waals surface area (Å²) in [6, 6.07) is 3.82. The smallest absolute Gasteiger partial charge is 0.258 e. The monoisotopic (exact) mass is 264 g/mol. The van der Waals surface area contributed by atoms with Crippen molar-refractivity contribution in [2.24, 2.45) is 0 Å². The first-order valence-electron chi connectivity index (χ1n) is 6.68. The van der Waals surface area contributed by atoms with Gasteiger partial charge in [0.2, 0.25) is 0 Å². The van der Waals surface area contributed by atoms with Gasteiger partial charge in [-0.25, -0.2) is 0 Å². The topological polar surface area (TPSA) is 71.5 Å². The fraction of sp³-hybridized carbons (Fsp3) is 0.571. The summed E-state index contributed by atoms with van der Waals surface area (Å²) in [7, 11) is 0. The zero-order valence-electron chi connectivity index (χ0n) is 11.2. The predicted octanol–water partition coefficient (Wildman–Crippen LogP) is 1.32. The van der Waals surface area contributed by atoms with Crippen molar-refractivity contribution in [1.29, 1.82) is 0 Å². The van der Waals surface area contributed by atoms with Crippen LogP contribution in [0.5, 0.6) is 5.75 Å². The summed E-state index contributed by atoms with van der Waals surface area (Å²) in [6.45, 7) is 1.62. The molecule has 1 heterocycles. The Labute approximate surface area is 113 Å². The van der Waals surface area contributed by atoms with E-state index in [1.807, 2.05) is 6.92 Å². The van der Waals surface area contributed by atoms with Gasteiger partial charge in [0, 0.05) is 11.7 Å². The normalized spacial score (nSPS) is 15.5. The number of hydrogen-bond donors (Lipinski definition) is 2. The predicted molar refractivity (Wildman–Crippen MR) is 70.8 cm³/mol. The summed E-state index contributed by atoms with van der Waals surface area (Å²) in [5, 5.41) is 12.1. The molecule has 5 heteroatoms. The first-order chi connectivity index (χ1) is 9.19. The molecule has 0 aliphatic heterocycles. The largest absolute Gasteiger partial charge is 0.482 e. The lowest BCUT2D eigenvalue weighted by Gasteiger charge is -2.13. The Balaban J connectivity index is 1.85. The van der Waals surface area contributed by atoms with Gasteiger partial charge >= 0.3 is 0 Å². The molecule has 2 rings (SSSR count). The quantitative estimate of drug-likeness (QED) is 0.841. The lowest BCUT2D eigenvalue weighted by molar-refractivity contribution is -0.123. The van der Waals surface area contributed by atoms with E-state index in [2.05, 4.69) is 10.3 Å². The molecule has 0 unspecified atom stereocenters. The molecule has 5 nitrogen and oxygen atoms in total. The number of amides is 1. The van der Waals surface area contributed by atoms with E-state index in [1.165, 1.54) is 12.8 Å². The van der Waals surface area contributed by atoms with Crippen LogP contribution in [0.2, 0.25) is 0 Å². The third kappa shape index (κ3) is 3.92. The van der Waals surface area contributed by atoms with Crippen molar-refractivity contribution in [3.63, 3.8) is 0 Å². The third-order valence-corrected chi connectivity index (χ3v) is 3.30. The molecule has 1 aliphatic rings. The first-order valence-corrected chi connectivity index (χ1v) is 6.68. The SMILES string of the molecule is Cc1ccc(OCC(=O)NC2CCCC2)c(CO)n1. The van der Waals surface area contributed by atoms with Gasteiger partial charge in [-0.15, -0.1) is 0 Å². The number of carbonyl (C=O) groups is 1. The molecule has 104 valence electrons. The Morgan fingerprint density at radius 3 is 2.89 bits per heavy atom. The number of aryl methyl sites for hydroxylation is 1. The van der Waals surface area contributed by atoms with Gasteiger partial charge in [0.25, 0.3) is 5.91 Å². The number of rotatable bonds is 5. The van der Waals surface area contributed by atoms with Crippen LogP contribution in [-0.2, 0) is 11.4 Å². The van der Waals surface area contributed by atoms with E-state index in [0.717, 1.165) is 18.5 Å². The number of hydrogen-bond acceptors (Lipinski definition) is 4. The molecule has 1 aromatic rings. The fourth-order valence-corrected chi connectivity index (χ4v) is 2.33. The van der Waals surface area contributed by atoms with Crippen LogP contribution in [0, 0.1) is 6.92 Å². The molecule has 0 atom stereocenters. The molecule has 0 radical (unpaired) electrons. The number of aromatic nitrogens is 1. The Morgan fingerprint density at radius 2 is 2.21 bits per heavy atom. The number of ether oxygens (including phenoxy) is 1. The molecule has 0 aromatic carbocycles. The molecule has 1 fully saturated rings. The molecule has 1 saturated carbocycles. The van der Waals surface area contributed by atoms with Gasteiger partial charge in [-0.1, -0.05) is 12.8 Å². The molecule has 1 aliphatic carbocycles. The van der Waals surface area contributed by atoms with Gasteiger partial charge in [0.1, 0.15) is 11.4 Å². The highest BCUT2D eigenvalue weighted by Crippen LogP contribution is 2.18. The average Bonchev–Trinajstić information content (AvgIpc) is 2.90. The first kappa shape index (κ1) is 13.8. The van der Waals surface area contributed by atoms with Crippen LogP contribution in [0.15, 0.2) is 12.1 Å². The van der Waals surface area contributed by atoms with Gasteiger partial charge in [-0.2, -0.15) is 0 Å².